The molecule has 2 aromatic heterocycles. The number of hydrogen-bond acceptors (Lipinski definition) is 4. The van der Waals surface area contributed by atoms with E-state index in [0.29, 0.717) is 13.1 Å². The Balaban J connectivity index is 1.33. The largest absolute Gasteiger partial charge is 0.497 e. The Bertz CT molecular complexity index is 1620. The van der Waals surface area contributed by atoms with E-state index < -0.39 is 0 Å². The monoisotopic (exact) mass is 516 g/mol. The minimum atomic E-state index is 0.102. The molecule has 6 nitrogen and oxygen atoms in total. The summed E-state index contributed by atoms with van der Waals surface area (Å²) in [6, 6.07) is 30.5. The van der Waals surface area contributed by atoms with E-state index in [0.717, 1.165) is 59.1 Å². The van der Waals surface area contributed by atoms with Gasteiger partial charge < -0.3 is 14.0 Å². The average molecular weight is 517 g/mol. The van der Waals surface area contributed by atoms with E-state index in [-0.39, 0.29) is 5.91 Å². The molecule has 0 radical (unpaired) electrons. The van der Waals surface area contributed by atoms with E-state index in [2.05, 4.69) is 64.9 Å². The summed E-state index contributed by atoms with van der Waals surface area (Å²) in [5.74, 6) is 0.911. The molecule has 3 aromatic carbocycles. The van der Waals surface area contributed by atoms with Gasteiger partial charge in [0.15, 0.2) is 0 Å². The zero-order valence-electron chi connectivity index (χ0n) is 22.4. The van der Waals surface area contributed by atoms with Crippen LogP contribution in [0.2, 0.25) is 0 Å². The summed E-state index contributed by atoms with van der Waals surface area (Å²) in [6.07, 6.45) is 2.20. The lowest BCUT2D eigenvalue weighted by Crippen LogP contribution is -2.48. The number of pyridine rings is 1. The van der Waals surface area contributed by atoms with Crippen LogP contribution >= 0.6 is 0 Å². The van der Waals surface area contributed by atoms with Gasteiger partial charge in [-0.1, -0.05) is 60.2 Å². The third-order valence-electron chi connectivity index (χ3n) is 7.47. The number of methoxy groups -OCH3 is 1. The van der Waals surface area contributed by atoms with Crippen LogP contribution in [0.5, 0.6) is 5.75 Å². The maximum Gasteiger partial charge on any atom is 0.253 e. The van der Waals surface area contributed by atoms with Gasteiger partial charge in [-0.25, -0.2) is 4.98 Å². The number of ether oxygens (including phenoxy) is 1. The molecule has 0 saturated carbocycles. The van der Waals surface area contributed by atoms with Crippen molar-refractivity contribution in [1.82, 2.24) is 19.2 Å². The topological polar surface area (TPSA) is 50.1 Å². The molecule has 1 aliphatic heterocycles. The molecule has 1 fully saturated rings. The van der Waals surface area contributed by atoms with Gasteiger partial charge in [0, 0.05) is 50.0 Å². The van der Waals surface area contributed by atoms with Crippen LogP contribution < -0.4 is 4.74 Å². The predicted molar refractivity (Wildman–Crippen MR) is 155 cm³/mol. The Morgan fingerprint density at radius 2 is 1.59 bits per heavy atom. The number of aromatic nitrogens is 2. The number of benzene rings is 3. The number of carbonyl (C=O) groups excluding carboxylic acids is 1. The fourth-order valence-corrected chi connectivity index (χ4v) is 5.33. The predicted octanol–water partition coefficient (Wildman–Crippen LogP) is 5.94. The summed E-state index contributed by atoms with van der Waals surface area (Å²) >= 11 is 0. The summed E-state index contributed by atoms with van der Waals surface area (Å²) < 4.78 is 7.75. The first-order valence-corrected chi connectivity index (χ1v) is 13.4. The molecule has 0 unspecified atom stereocenters. The quantitative estimate of drug-likeness (QED) is 0.280. The summed E-state index contributed by atoms with van der Waals surface area (Å²) in [5, 5.41) is 0. The Morgan fingerprint density at radius 3 is 2.36 bits per heavy atom. The summed E-state index contributed by atoms with van der Waals surface area (Å²) in [5.41, 5.74) is 8.36. The lowest BCUT2D eigenvalue weighted by molar-refractivity contribution is 0.0627. The molecular formula is C33H32N4O2. The number of aryl methyl sites for hydroxylation is 1. The molecule has 0 aliphatic carbocycles. The highest BCUT2D eigenvalue weighted by molar-refractivity contribution is 5.94. The molecule has 6 rings (SSSR count). The summed E-state index contributed by atoms with van der Waals surface area (Å²) in [7, 11) is 1.69. The van der Waals surface area contributed by atoms with Crippen LogP contribution in [-0.4, -0.2) is 58.4 Å². The van der Waals surface area contributed by atoms with Gasteiger partial charge in [0.25, 0.3) is 5.91 Å². The Labute approximate surface area is 229 Å². The van der Waals surface area contributed by atoms with Crippen molar-refractivity contribution in [1.29, 1.82) is 0 Å². The van der Waals surface area contributed by atoms with Crippen LogP contribution in [0.3, 0.4) is 0 Å². The van der Waals surface area contributed by atoms with Crippen LogP contribution in [0.15, 0.2) is 97.2 Å². The minimum Gasteiger partial charge on any atom is -0.497 e. The van der Waals surface area contributed by atoms with Gasteiger partial charge in [0.1, 0.15) is 11.4 Å². The molecule has 0 spiro atoms. The van der Waals surface area contributed by atoms with E-state index in [1.807, 2.05) is 53.4 Å². The lowest BCUT2D eigenvalue weighted by atomic mass is 10.1. The van der Waals surface area contributed by atoms with Gasteiger partial charge in [-0.3, -0.25) is 9.69 Å². The molecule has 0 bridgehead atoms. The van der Waals surface area contributed by atoms with E-state index >= 15 is 0 Å². The van der Waals surface area contributed by atoms with Crippen LogP contribution in [-0.2, 0) is 6.54 Å². The van der Waals surface area contributed by atoms with Crippen LogP contribution in [0.1, 0.15) is 21.6 Å². The number of hydrogen-bond donors (Lipinski definition) is 0. The second kappa shape index (κ2) is 10.8. The van der Waals surface area contributed by atoms with Crippen LogP contribution in [0.25, 0.3) is 28.0 Å². The van der Waals surface area contributed by atoms with E-state index in [9.17, 15) is 4.79 Å². The van der Waals surface area contributed by atoms with E-state index in [4.69, 9.17) is 9.72 Å². The molecule has 1 amide bonds. The number of nitrogens with zero attached hydrogens (tertiary/aromatic N) is 4. The number of rotatable bonds is 6. The van der Waals surface area contributed by atoms with E-state index in [1.54, 1.807) is 7.11 Å². The van der Waals surface area contributed by atoms with Gasteiger partial charge in [-0.2, -0.15) is 0 Å². The Kier molecular flexibility index (Phi) is 6.86. The highest BCUT2D eigenvalue weighted by Crippen LogP contribution is 2.30. The fraction of sp³-hybridized carbons (Fsp3) is 0.212. The van der Waals surface area contributed by atoms with Crippen molar-refractivity contribution in [3.63, 3.8) is 0 Å². The van der Waals surface area contributed by atoms with Crippen molar-refractivity contribution in [3.8, 4) is 28.1 Å². The molecule has 0 atom stereocenters. The van der Waals surface area contributed by atoms with Crippen molar-refractivity contribution < 1.29 is 9.53 Å². The number of imidazole rings is 1. The van der Waals surface area contributed by atoms with Crippen molar-refractivity contribution in [2.24, 2.45) is 0 Å². The van der Waals surface area contributed by atoms with Gasteiger partial charge in [0.05, 0.1) is 18.5 Å². The number of fused-ring (bicyclic) bond motifs is 1. The number of carbonyl (C=O) groups is 1. The highest BCUT2D eigenvalue weighted by Gasteiger charge is 2.24. The molecule has 3 heterocycles. The smallest absolute Gasteiger partial charge is 0.253 e. The normalized spacial score (nSPS) is 14.1. The number of amides is 1. The molecule has 0 N–H and O–H groups in total. The maximum atomic E-state index is 13.0. The molecule has 196 valence electrons. The summed E-state index contributed by atoms with van der Waals surface area (Å²) in [4.78, 5) is 22.4. The Hall–Kier alpha value is -4.42. The third kappa shape index (κ3) is 5.16. The van der Waals surface area contributed by atoms with Crippen LogP contribution in [0, 0.1) is 6.92 Å². The first-order valence-electron chi connectivity index (χ1n) is 13.4. The second-order valence-corrected chi connectivity index (χ2v) is 10.1. The van der Waals surface area contributed by atoms with Crippen molar-refractivity contribution >= 4 is 11.6 Å². The molecule has 1 saturated heterocycles. The van der Waals surface area contributed by atoms with Gasteiger partial charge in [-0.05, 0) is 54.4 Å². The first kappa shape index (κ1) is 24.9. The Morgan fingerprint density at radius 1 is 0.821 bits per heavy atom. The van der Waals surface area contributed by atoms with Crippen molar-refractivity contribution in [2.45, 2.75) is 13.5 Å². The zero-order chi connectivity index (χ0) is 26.8. The van der Waals surface area contributed by atoms with Crippen molar-refractivity contribution in [2.75, 3.05) is 33.3 Å². The van der Waals surface area contributed by atoms with E-state index in [1.165, 1.54) is 11.1 Å². The fourth-order valence-electron chi connectivity index (χ4n) is 5.33. The molecule has 5 aromatic rings. The minimum absolute atomic E-state index is 0.102. The lowest BCUT2D eigenvalue weighted by Gasteiger charge is -2.34. The maximum absolute atomic E-state index is 13.0. The second-order valence-electron chi connectivity index (χ2n) is 10.1. The molecule has 6 heteroatoms. The highest BCUT2D eigenvalue weighted by atomic mass is 16.5. The average Bonchev–Trinajstić information content (AvgIpc) is 3.35. The van der Waals surface area contributed by atoms with Gasteiger partial charge in [0.2, 0.25) is 0 Å². The van der Waals surface area contributed by atoms with Gasteiger partial charge >= 0.3 is 0 Å². The summed E-state index contributed by atoms with van der Waals surface area (Å²) in [6.45, 7) is 5.87. The van der Waals surface area contributed by atoms with Crippen LogP contribution in [0.4, 0.5) is 0 Å². The molecule has 1 aliphatic rings. The standard InChI is InChI=1S/C33H32N4O2/c1-24-8-6-11-26(20-24)28-14-15-31-34-32(27-12-7-13-29(21-27)39-2)30(37(31)22-28)23-35-16-18-36(19-17-35)33(38)25-9-4-3-5-10-25/h3-15,20-22H,16-19,23H2,1-2H3. The molecule has 39 heavy (non-hydrogen) atoms. The first-order chi connectivity index (χ1) is 19.1. The SMILES string of the molecule is COc1cccc(-c2nc3ccc(-c4cccc(C)c4)cn3c2CN2CCN(C(=O)c3ccccc3)CC2)c1. The molecular weight excluding hydrogens is 484 g/mol. The third-order valence-corrected chi connectivity index (χ3v) is 7.47. The number of piperazine rings is 1. The van der Waals surface area contributed by atoms with Gasteiger partial charge in [-0.15, -0.1) is 0 Å². The van der Waals surface area contributed by atoms with Crippen molar-refractivity contribution in [3.05, 3.63) is 114 Å². The zero-order valence-corrected chi connectivity index (χ0v) is 22.4.